The minimum atomic E-state index is -0.501. The molecule has 0 unspecified atom stereocenters. The normalized spacial score (nSPS) is 14.9. The highest BCUT2D eigenvalue weighted by Crippen LogP contribution is 2.38. The van der Waals surface area contributed by atoms with Crippen LogP contribution in [-0.4, -0.2) is 50.0 Å². The molecular formula is C26H27F2N3O3. The number of aromatic nitrogens is 1. The van der Waals surface area contributed by atoms with Gasteiger partial charge in [0.1, 0.15) is 11.5 Å². The Kier molecular flexibility index (Phi) is 6.79. The number of halogens is 2. The number of carbonyl (C=O) groups is 1. The van der Waals surface area contributed by atoms with Gasteiger partial charge in [0.25, 0.3) is 5.52 Å². The fourth-order valence-electron chi connectivity index (χ4n) is 4.01. The lowest BCUT2D eigenvalue weighted by molar-refractivity contribution is -0.577. The molecule has 0 aliphatic carbocycles. The number of allylic oxidation sites excluding steroid dienone is 1. The van der Waals surface area contributed by atoms with Crippen LogP contribution in [0, 0.1) is 16.8 Å². The summed E-state index contributed by atoms with van der Waals surface area (Å²) in [6, 6.07) is 8.44. The number of rotatable bonds is 6. The van der Waals surface area contributed by atoms with Gasteiger partial charge in [-0.05, 0) is 56.8 Å². The Labute approximate surface area is 197 Å². The molecule has 0 bridgehead atoms. The number of nitrogens with zero attached hydrogens (tertiary/aromatic N) is 3. The fourth-order valence-corrected chi connectivity index (χ4v) is 4.01. The predicted octanol–water partition coefficient (Wildman–Crippen LogP) is 4.19. The number of piperazine rings is 1. The van der Waals surface area contributed by atoms with Crippen molar-refractivity contribution in [2.75, 3.05) is 38.1 Å². The van der Waals surface area contributed by atoms with Crippen LogP contribution in [0.15, 0.2) is 48.7 Å². The molecule has 8 heteroatoms. The van der Waals surface area contributed by atoms with E-state index < -0.39 is 11.6 Å². The Morgan fingerprint density at radius 1 is 1.12 bits per heavy atom. The summed E-state index contributed by atoms with van der Waals surface area (Å²) in [5.41, 5.74) is 1.21. The summed E-state index contributed by atoms with van der Waals surface area (Å²) in [6.07, 6.45) is 3.73. The van der Waals surface area contributed by atoms with Gasteiger partial charge in [0.05, 0.1) is 17.1 Å². The molecule has 6 nitrogen and oxygen atoms in total. The first kappa shape index (κ1) is 23.6. The van der Waals surface area contributed by atoms with Gasteiger partial charge in [-0.15, -0.1) is 0 Å². The molecule has 0 saturated carbocycles. The number of benzene rings is 2. The average molecular weight is 468 g/mol. The second kappa shape index (κ2) is 9.77. The smallest absolute Gasteiger partial charge is 0.268 e. The second-order valence-electron chi connectivity index (χ2n) is 8.73. The first-order chi connectivity index (χ1) is 16.2. The highest BCUT2D eigenvalue weighted by Gasteiger charge is 2.29. The zero-order valence-corrected chi connectivity index (χ0v) is 19.4. The van der Waals surface area contributed by atoms with E-state index in [1.54, 1.807) is 0 Å². The topological polar surface area (TPSA) is 59.7 Å². The van der Waals surface area contributed by atoms with Crippen molar-refractivity contribution < 1.29 is 23.0 Å². The van der Waals surface area contributed by atoms with E-state index in [2.05, 4.69) is 4.90 Å². The summed E-state index contributed by atoms with van der Waals surface area (Å²) in [5.74, 6) is -1.11. The molecule has 0 N–H and O–H groups in total. The van der Waals surface area contributed by atoms with Gasteiger partial charge < -0.3 is 19.7 Å². The van der Waals surface area contributed by atoms with Crippen molar-refractivity contribution in [2.24, 2.45) is 0 Å². The van der Waals surface area contributed by atoms with E-state index in [9.17, 15) is 14.4 Å². The number of anilines is 1. The summed E-state index contributed by atoms with van der Waals surface area (Å²) >= 11 is 0. The van der Waals surface area contributed by atoms with Gasteiger partial charge in [0.2, 0.25) is 5.75 Å². The van der Waals surface area contributed by atoms with E-state index in [4.69, 9.17) is 4.74 Å². The monoisotopic (exact) mass is 467 g/mol. The van der Waals surface area contributed by atoms with Crippen molar-refractivity contribution in [3.05, 3.63) is 76.6 Å². The SMILES string of the molecule is CC(C)Oc1c(N2CCN(C)CC2)c(F)cc2cc(C(=O)C=Cc3ccc(F)cc3)c[n+]([O-])c12. The zero-order valence-electron chi connectivity index (χ0n) is 19.4. The third-order valence-corrected chi connectivity index (χ3v) is 5.75. The maximum absolute atomic E-state index is 15.4. The lowest BCUT2D eigenvalue weighted by Gasteiger charge is -2.35. The predicted molar refractivity (Wildman–Crippen MR) is 128 cm³/mol. The summed E-state index contributed by atoms with van der Waals surface area (Å²) in [6.45, 7) is 6.39. The van der Waals surface area contributed by atoms with Crippen LogP contribution in [0.4, 0.5) is 14.5 Å². The Hall–Kier alpha value is -3.52. The van der Waals surface area contributed by atoms with Gasteiger partial charge in [-0.3, -0.25) is 4.79 Å². The van der Waals surface area contributed by atoms with E-state index in [1.165, 1.54) is 54.7 Å². The van der Waals surface area contributed by atoms with E-state index in [0.29, 0.717) is 23.4 Å². The summed E-state index contributed by atoms with van der Waals surface area (Å²) < 4.78 is 35.0. The molecule has 3 aromatic rings. The van der Waals surface area contributed by atoms with Crippen LogP contribution in [0.25, 0.3) is 17.0 Å². The number of carbonyl (C=O) groups excluding carboxylic acids is 1. The number of pyridine rings is 1. The van der Waals surface area contributed by atoms with Gasteiger partial charge in [-0.25, -0.2) is 8.78 Å². The number of ketones is 1. The van der Waals surface area contributed by atoms with Crippen molar-refractivity contribution in [3.63, 3.8) is 0 Å². The molecule has 4 rings (SSSR count). The number of fused-ring (bicyclic) bond motifs is 1. The number of hydrogen-bond acceptors (Lipinski definition) is 5. The lowest BCUT2D eigenvalue weighted by atomic mass is 10.1. The molecule has 0 radical (unpaired) electrons. The van der Waals surface area contributed by atoms with Crippen LogP contribution >= 0.6 is 0 Å². The minimum Gasteiger partial charge on any atom is -0.618 e. The third kappa shape index (κ3) is 5.02. The summed E-state index contributed by atoms with van der Waals surface area (Å²) in [5, 5.41) is 13.4. The molecule has 1 fully saturated rings. The molecule has 2 aromatic carbocycles. The van der Waals surface area contributed by atoms with Crippen LogP contribution in [0.1, 0.15) is 29.8 Å². The second-order valence-corrected chi connectivity index (χ2v) is 8.73. The van der Waals surface area contributed by atoms with Crippen molar-refractivity contribution >= 4 is 28.4 Å². The van der Waals surface area contributed by atoms with Crippen LogP contribution in [-0.2, 0) is 0 Å². The van der Waals surface area contributed by atoms with Crippen LogP contribution in [0.5, 0.6) is 5.75 Å². The first-order valence-corrected chi connectivity index (χ1v) is 11.2. The molecule has 0 spiro atoms. The Morgan fingerprint density at radius 2 is 1.79 bits per heavy atom. The molecule has 0 amide bonds. The Bertz CT molecular complexity index is 1230. The lowest BCUT2D eigenvalue weighted by Crippen LogP contribution is -2.45. The standard InChI is InChI=1S/C26H27F2N3O3/c1-17(2)34-26-24-19(15-22(28)25(26)30-12-10-29(3)11-13-30)14-20(16-31(24)33)23(32)9-6-18-4-7-21(27)8-5-18/h4-9,14-17H,10-13H2,1-3H3. The highest BCUT2D eigenvalue weighted by atomic mass is 19.1. The van der Waals surface area contributed by atoms with Gasteiger partial charge in [0, 0.05) is 26.2 Å². The molecule has 1 aliphatic rings. The number of likely N-dealkylation sites (N-methyl/N-ethyl adjacent to an activating group) is 1. The van der Waals surface area contributed by atoms with Crippen LogP contribution in [0.3, 0.4) is 0 Å². The Morgan fingerprint density at radius 3 is 2.44 bits per heavy atom. The zero-order chi connectivity index (χ0) is 24.4. The number of hydrogen-bond donors (Lipinski definition) is 0. The van der Waals surface area contributed by atoms with Crippen molar-refractivity contribution in [1.82, 2.24) is 4.90 Å². The molecular weight excluding hydrogens is 440 g/mol. The van der Waals surface area contributed by atoms with Gasteiger partial charge in [0.15, 0.2) is 17.8 Å². The van der Waals surface area contributed by atoms with Gasteiger partial charge in [-0.1, -0.05) is 18.2 Å². The fraction of sp³-hybridized carbons (Fsp3) is 0.308. The van der Waals surface area contributed by atoms with E-state index in [0.717, 1.165) is 13.1 Å². The summed E-state index contributed by atoms with van der Waals surface area (Å²) in [7, 11) is 2.01. The van der Waals surface area contributed by atoms with E-state index in [1.807, 2.05) is 25.8 Å². The van der Waals surface area contributed by atoms with Crippen molar-refractivity contribution in [3.8, 4) is 5.75 Å². The summed E-state index contributed by atoms with van der Waals surface area (Å²) in [4.78, 5) is 16.8. The molecule has 1 aliphatic heterocycles. The minimum absolute atomic E-state index is 0.114. The van der Waals surface area contributed by atoms with Gasteiger partial charge in [-0.2, -0.15) is 4.73 Å². The van der Waals surface area contributed by atoms with Crippen molar-refractivity contribution in [2.45, 2.75) is 20.0 Å². The van der Waals surface area contributed by atoms with Gasteiger partial charge >= 0.3 is 0 Å². The molecule has 34 heavy (non-hydrogen) atoms. The quantitative estimate of drug-likeness (QED) is 0.236. The molecule has 178 valence electrons. The average Bonchev–Trinajstić information content (AvgIpc) is 2.78. The Balaban J connectivity index is 1.75. The maximum atomic E-state index is 15.4. The van der Waals surface area contributed by atoms with E-state index in [-0.39, 0.29) is 39.8 Å². The number of ether oxygens (including phenoxy) is 1. The maximum Gasteiger partial charge on any atom is 0.268 e. The first-order valence-electron chi connectivity index (χ1n) is 11.2. The molecule has 1 saturated heterocycles. The highest BCUT2D eigenvalue weighted by molar-refractivity contribution is 6.08. The third-order valence-electron chi connectivity index (χ3n) is 5.75. The largest absolute Gasteiger partial charge is 0.618 e. The van der Waals surface area contributed by atoms with Crippen LogP contribution < -0.4 is 14.4 Å². The van der Waals surface area contributed by atoms with Crippen LogP contribution in [0.2, 0.25) is 0 Å². The van der Waals surface area contributed by atoms with E-state index >= 15 is 4.39 Å². The molecule has 1 aromatic heterocycles. The van der Waals surface area contributed by atoms with Crippen molar-refractivity contribution in [1.29, 1.82) is 0 Å². The molecule has 2 heterocycles. The molecule has 0 atom stereocenters.